The SMILES string of the molecule is Cc1cc(/C(CC(c2ccc(CCCCC(=O)O)cc2)c2ccccc2C)=N\O)ccn1. The first-order chi connectivity index (χ1) is 15.5. The zero-order valence-corrected chi connectivity index (χ0v) is 18.7. The molecule has 0 aliphatic heterocycles. The van der Waals surface area contributed by atoms with Crippen LogP contribution in [0.25, 0.3) is 0 Å². The van der Waals surface area contributed by atoms with E-state index in [0.29, 0.717) is 18.6 Å². The van der Waals surface area contributed by atoms with Gasteiger partial charge in [0.05, 0.1) is 5.71 Å². The van der Waals surface area contributed by atoms with Gasteiger partial charge >= 0.3 is 5.97 Å². The molecule has 166 valence electrons. The summed E-state index contributed by atoms with van der Waals surface area (Å²) in [5, 5.41) is 22.3. The van der Waals surface area contributed by atoms with Crippen LogP contribution >= 0.6 is 0 Å². The average Bonchev–Trinajstić information content (AvgIpc) is 2.79. The molecule has 1 unspecified atom stereocenters. The monoisotopic (exact) mass is 430 g/mol. The van der Waals surface area contributed by atoms with Crippen molar-refractivity contribution >= 4 is 11.7 Å². The number of aryl methyl sites for hydroxylation is 3. The average molecular weight is 431 g/mol. The number of rotatable bonds is 10. The number of pyridine rings is 1. The molecule has 1 atom stereocenters. The van der Waals surface area contributed by atoms with Crippen molar-refractivity contribution in [1.29, 1.82) is 0 Å². The molecule has 1 heterocycles. The predicted molar refractivity (Wildman–Crippen MR) is 127 cm³/mol. The lowest BCUT2D eigenvalue weighted by molar-refractivity contribution is -0.137. The molecule has 3 aromatic rings. The first kappa shape index (κ1) is 23.2. The Morgan fingerprint density at radius 2 is 1.78 bits per heavy atom. The molecular formula is C27H30N2O3. The van der Waals surface area contributed by atoms with Gasteiger partial charge in [-0.2, -0.15) is 0 Å². The van der Waals surface area contributed by atoms with Gasteiger partial charge in [-0.25, -0.2) is 0 Å². The molecule has 0 radical (unpaired) electrons. The molecule has 2 aromatic carbocycles. The van der Waals surface area contributed by atoms with Gasteiger partial charge < -0.3 is 10.3 Å². The fourth-order valence-electron chi connectivity index (χ4n) is 4.04. The molecular weight excluding hydrogens is 400 g/mol. The van der Waals surface area contributed by atoms with Crippen molar-refractivity contribution in [2.24, 2.45) is 5.16 Å². The van der Waals surface area contributed by atoms with Crippen LogP contribution in [0.5, 0.6) is 0 Å². The van der Waals surface area contributed by atoms with Crippen molar-refractivity contribution in [2.75, 3.05) is 0 Å². The number of aromatic nitrogens is 1. The van der Waals surface area contributed by atoms with Gasteiger partial charge in [-0.1, -0.05) is 53.7 Å². The Bertz CT molecular complexity index is 1070. The lowest BCUT2D eigenvalue weighted by Gasteiger charge is -2.21. The number of carboxylic acid groups (broad SMARTS) is 1. The van der Waals surface area contributed by atoms with Gasteiger partial charge in [-0.05, 0) is 67.5 Å². The van der Waals surface area contributed by atoms with E-state index < -0.39 is 5.97 Å². The largest absolute Gasteiger partial charge is 0.481 e. The lowest BCUT2D eigenvalue weighted by Crippen LogP contribution is -2.12. The molecule has 0 amide bonds. The van der Waals surface area contributed by atoms with Gasteiger partial charge in [0, 0.05) is 36.2 Å². The first-order valence-electron chi connectivity index (χ1n) is 11.0. The maximum atomic E-state index is 10.7. The van der Waals surface area contributed by atoms with Crippen LogP contribution in [-0.4, -0.2) is 27.0 Å². The molecule has 0 saturated carbocycles. The predicted octanol–water partition coefficient (Wildman–Crippen LogP) is 5.90. The van der Waals surface area contributed by atoms with E-state index in [0.717, 1.165) is 29.7 Å². The van der Waals surface area contributed by atoms with E-state index in [2.05, 4.69) is 53.5 Å². The number of carboxylic acids is 1. The summed E-state index contributed by atoms with van der Waals surface area (Å²) in [5.41, 5.74) is 7.12. The molecule has 0 fully saturated rings. The molecule has 0 aliphatic carbocycles. The first-order valence-corrected chi connectivity index (χ1v) is 11.0. The standard InChI is InChI=1S/C27H30N2O3/c1-19-7-3-5-9-24(19)25(18-26(29-32)23-15-16-28-20(2)17-23)22-13-11-21(12-14-22)8-4-6-10-27(30)31/h3,5,7,9,11-17,25,32H,4,6,8,10,18H2,1-2H3,(H,30,31)/b29-26-. The van der Waals surface area contributed by atoms with Gasteiger partial charge in [-0.15, -0.1) is 0 Å². The van der Waals surface area contributed by atoms with E-state index >= 15 is 0 Å². The summed E-state index contributed by atoms with van der Waals surface area (Å²) in [6.45, 7) is 4.03. The van der Waals surface area contributed by atoms with Gasteiger partial charge in [0.15, 0.2) is 0 Å². The normalized spacial score (nSPS) is 12.5. The Labute approximate surface area is 189 Å². The second-order valence-corrected chi connectivity index (χ2v) is 8.19. The Balaban J connectivity index is 1.85. The number of benzene rings is 2. The molecule has 0 saturated heterocycles. The zero-order chi connectivity index (χ0) is 22.9. The van der Waals surface area contributed by atoms with Gasteiger partial charge in [-0.3, -0.25) is 9.78 Å². The summed E-state index contributed by atoms with van der Waals surface area (Å²) >= 11 is 0. The molecule has 5 heteroatoms. The van der Waals surface area contributed by atoms with Crippen LogP contribution in [0.2, 0.25) is 0 Å². The highest BCUT2D eigenvalue weighted by molar-refractivity contribution is 6.00. The second kappa shape index (κ2) is 11.2. The van der Waals surface area contributed by atoms with Gasteiger partial charge in [0.2, 0.25) is 0 Å². The fraction of sp³-hybridized carbons (Fsp3) is 0.296. The van der Waals surface area contributed by atoms with Crippen LogP contribution < -0.4 is 0 Å². The molecule has 0 spiro atoms. The van der Waals surface area contributed by atoms with E-state index in [9.17, 15) is 10.0 Å². The molecule has 1 aromatic heterocycles. The summed E-state index contributed by atoms with van der Waals surface area (Å²) in [4.78, 5) is 14.9. The lowest BCUT2D eigenvalue weighted by atomic mass is 9.83. The Kier molecular flexibility index (Phi) is 8.14. The number of aliphatic carboxylic acids is 1. The minimum Gasteiger partial charge on any atom is -0.481 e. The van der Waals surface area contributed by atoms with Crippen molar-refractivity contribution in [3.8, 4) is 0 Å². The van der Waals surface area contributed by atoms with Crippen molar-refractivity contribution in [2.45, 2.75) is 51.9 Å². The quantitative estimate of drug-likeness (QED) is 0.182. The summed E-state index contributed by atoms with van der Waals surface area (Å²) in [6.07, 6.45) is 4.91. The summed E-state index contributed by atoms with van der Waals surface area (Å²) in [6, 6.07) is 20.6. The molecule has 0 bridgehead atoms. The number of unbranched alkanes of at least 4 members (excludes halogenated alkanes) is 1. The van der Waals surface area contributed by atoms with Crippen LogP contribution in [0.15, 0.2) is 72.0 Å². The molecule has 5 nitrogen and oxygen atoms in total. The number of nitrogens with zero attached hydrogens (tertiary/aromatic N) is 2. The van der Waals surface area contributed by atoms with E-state index in [1.807, 2.05) is 31.2 Å². The van der Waals surface area contributed by atoms with E-state index in [4.69, 9.17) is 5.11 Å². The van der Waals surface area contributed by atoms with E-state index in [1.165, 1.54) is 16.7 Å². The fourth-order valence-corrected chi connectivity index (χ4v) is 4.04. The van der Waals surface area contributed by atoms with Crippen molar-refractivity contribution in [3.63, 3.8) is 0 Å². The van der Waals surface area contributed by atoms with Gasteiger partial charge in [0.25, 0.3) is 0 Å². The second-order valence-electron chi connectivity index (χ2n) is 8.19. The molecule has 0 aliphatic rings. The number of hydrogen-bond acceptors (Lipinski definition) is 4. The van der Waals surface area contributed by atoms with E-state index in [1.54, 1.807) is 6.20 Å². The maximum absolute atomic E-state index is 10.7. The molecule has 3 rings (SSSR count). The minimum absolute atomic E-state index is 0.0385. The Morgan fingerprint density at radius 1 is 1.03 bits per heavy atom. The Hall–Kier alpha value is -3.47. The maximum Gasteiger partial charge on any atom is 0.303 e. The summed E-state index contributed by atoms with van der Waals surface area (Å²) < 4.78 is 0. The zero-order valence-electron chi connectivity index (χ0n) is 18.7. The number of carbonyl (C=O) groups is 1. The van der Waals surface area contributed by atoms with Crippen molar-refractivity contribution in [3.05, 3.63) is 100 Å². The smallest absolute Gasteiger partial charge is 0.303 e. The van der Waals surface area contributed by atoms with Crippen LogP contribution in [0.1, 0.15) is 65.1 Å². The summed E-state index contributed by atoms with van der Waals surface area (Å²) in [7, 11) is 0. The van der Waals surface area contributed by atoms with Crippen LogP contribution in [0.4, 0.5) is 0 Å². The van der Waals surface area contributed by atoms with E-state index in [-0.39, 0.29) is 12.3 Å². The van der Waals surface area contributed by atoms with Crippen molar-refractivity contribution < 1.29 is 15.1 Å². The topological polar surface area (TPSA) is 82.8 Å². The highest BCUT2D eigenvalue weighted by atomic mass is 16.4. The third-order valence-electron chi connectivity index (χ3n) is 5.80. The Morgan fingerprint density at radius 3 is 2.44 bits per heavy atom. The highest BCUT2D eigenvalue weighted by Crippen LogP contribution is 2.32. The summed E-state index contributed by atoms with van der Waals surface area (Å²) in [5.74, 6) is -0.705. The van der Waals surface area contributed by atoms with Crippen LogP contribution in [-0.2, 0) is 11.2 Å². The third kappa shape index (κ3) is 6.27. The van der Waals surface area contributed by atoms with Crippen LogP contribution in [0.3, 0.4) is 0 Å². The highest BCUT2D eigenvalue weighted by Gasteiger charge is 2.20. The molecule has 2 N–H and O–H groups in total. The number of oxime groups is 1. The van der Waals surface area contributed by atoms with Crippen LogP contribution in [0, 0.1) is 13.8 Å². The van der Waals surface area contributed by atoms with Crippen molar-refractivity contribution in [1.82, 2.24) is 4.98 Å². The van der Waals surface area contributed by atoms with Gasteiger partial charge in [0.1, 0.15) is 0 Å². The minimum atomic E-state index is -0.743. The number of hydrogen-bond donors (Lipinski definition) is 2. The third-order valence-corrected chi connectivity index (χ3v) is 5.80. The molecule has 32 heavy (non-hydrogen) atoms.